The highest BCUT2D eigenvalue weighted by Crippen LogP contribution is 2.30. The van der Waals surface area contributed by atoms with Gasteiger partial charge in [0.05, 0.1) is 26.2 Å². The molecular weight excluding hydrogens is 439 g/mol. The summed E-state index contributed by atoms with van der Waals surface area (Å²) in [6.07, 6.45) is 4.36. The number of amides is 1. The average molecular weight is 452 g/mol. The first kappa shape index (κ1) is 20.5. The third-order valence-corrected chi connectivity index (χ3v) is 6.01. The van der Waals surface area contributed by atoms with Gasteiger partial charge in [0.2, 0.25) is 5.13 Å². The Kier molecular flexibility index (Phi) is 5.92. The summed E-state index contributed by atoms with van der Waals surface area (Å²) in [5, 5.41) is 16.4. The Hall–Kier alpha value is -3.76. The van der Waals surface area contributed by atoms with Gasteiger partial charge in [-0.05, 0) is 35.9 Å². The van der Waals surface area contributed by atoms with Gasteiger partial charge in [-0.1, -0.05) is 53.0 Å². The first-order valence-electron chi connectivity index (χ1n) is 8.91. The van der Waals surface area contributed by atoms with Crippen LogP contribution in [-0.4, -0.2) is 22.0 Å². The molecule has 0 unspecified atom stereocenters. The summed E-state index contributed by atoms with van der Waals surface area (Å²) in [6.45, 7) is 0. The van der Waals surface area contributed by atoms with E-state index < -0.39 is 16.6 Å². The topological polar surface area (TPSA) is 88.7 Å². The van der Waals surface area contributed by atoms with Gasteiger partial charge in [0, 0.05) is 12.1 Å². The molecule has 1 amide bonds. The first-order valence-corrected chi connectivity index (χ1v) is 10.5. The fourth-order valence-electron chi connectivity index (χ4n) is 2.60. The summed E-state index contributed by atoms with van der Waals surface area (Å²) in [5.41, 5.74) is 1.37. The van der Waals surface area contributed by atoms with Crippen molar-refractivity contribution in [1.29, 1.82) is 0 Å². The molecule has 0 N–H and O–H groups in total. The summed E-state index contributed by atoms with van der Waals surface area (Å²) in [7, 11) is 0. The number of fused-ring (bicyclic) bond motifs is 1. The van der Waals surface area contributed by atoms with Crippen molar-refractivity contribution in [3.8, 4) is 0 Å². The van der Waals surface area contributed by atoms with Crippen LogP contribution in [0, 0.1) is 15.9 Å². The molecule has 0 aliphatic heterocycles. The minimum absolute atomic E-state index is 0.0289. The van der Waals surface area contributed by atoms with E-state index >= 15 is 0 Å². The third-order valence-electron chi connectivity index (χ3n) is 4.04. The van der Waals surface area contributed by atoms with Crippen molar-refractivity contribution in [2.45, 2.75) is 0 Å². The van der Waals surface area contributed by atoms with Gasteiger partial charge in [0.15, 0.2) is 0 Å². The molecule has 2 aromatic heterocycles. The second-order valence-corrected chi connectivity index (χ2v) is 8.28. The lowest BCUT2D eigenvalue weighted by atomic mass is 10.2. The second-order valence-electron chi connectivity index (χ2n) is 6.18. The van der Waals surface area contributed by atoms with Crippen molar-refractivity contribution in [2.24, 2.45) is 5.10 Å². The van der Waals surface area contributed by atoms with Gasteiger partial charge >= 0.3 is 5.00 Å². The maximum Gasteiger partial charge on any atom is 0.324 e. The van der Waals surface area contributed by atoms with E-state index in [-0.39, 0.29) is 10.1 Å². The predicted molar refractivity (Wildman–Crippen MR) is 121 cm³/mol. The van der Waals surface area contributed by atoms with Crippen molar-refractivity contribution < 1.29 is 14.1 Å². The minimum Gasteiger partial charge on any atom is -0.267 e. The summed E-state index contributed by atoms with van der Waals surface area (Å²) < 4.78 is 14.1. The molecule has 2 aromatic carbocycles. The van der Waals surface area contributed by atoms with Crippen LogP contribution in [0.25, 0.3) is 16.3 Å². The van der Waals surface area contributed by atoms with E-state index in [0.29, 0.717) is 15.1 Å². The zero-order chi connectivity index (χ0) is 21.8. The Bertz CT molecular complexity index is 1310. The van der Waals surface area contributed by atoms with Crippen molar-refractivity contribution in [3.63, 3.8) is 0 Å². The van der Waals surface area contributed by atoms with E-state index in [1.54, 1.807) is 12.1 Å². The quantitative estimate of drug-likeness (QED) is 0.168. The van der Waals surface area contributed by atoms with Crippen molar-refractivity contribution in [1.82, 2.24) is 4.98 Å². The molecule has 0 radical (unpaired) electrons. The zero-order valence-corrected chi connectivity index (χ0v) is 17.3. The molecule has 0 aliphatic carbocycles. The number of rotatable bonds is 6. The standard InChI is InChI=1S/C21H13FN4O3S2/c22-15-7-9-17-18(12-15)31-21(24-17)25(19(27)10-6-14-4-2-1-3-5-14)23-13-16-8-11-20(30-16)26(28)29/h1-13H/b10-6+,23-13+. The second kappa shape index (κ2) is 8.94. The first-order chi connectivity index (χ1) is 15.0. The molecule has 2 heterocycles. The van der Waals surface area contributed by atoms with Crippen LogP contribution in [-0.2, 0) is 4.79 Å². The lowest BCUT2D eigenvalue weighted by Gasteiger charge is -2.10. The van der Waals surface area contributed by atoms with Crippen LogP contribution >= 0.6 is 22.7 Å². The SMILES string of the molecule is O=C(/C=C/c1ccccc1)N(/N=C/c1ccc([N+](=O)[O-])s1)c1nc2ccc(F)cc2s1. The van der Waals surface area contributed by atoms with Crippen molar-refractivity contribution in [3.05, 3.63) is 93.1 Å². The highest BCUT2D eigenvalue weighted by molar-refractivity contribution is 7.22. The maximum atomic E-state index is 13.6. The molecule has 154 valence electrons. The summed E-state index contributed by atoms with van der Waals surface area (Å²) in [6, 6.07) is 16.3. The number of carbonyl (C=O) groups excluding carboxylic acids is 1. The minimum atomic E-state index is -0.490. The Morgan fingerprint density at radius 1 is 1.13 bits per heavy atom. The van der Waals surface area contributed by atoms with Crippen LogP contribution in [0.2, 0.25) is 0 Å². The summed E-state index contributed by atoms with van der Waals surface area (Å²) in [4.78, 5) is 28.2. The zero-order valence-electron chi connectivity index (χ0n) is 15.7. The van der Waals surface area contributed by atoms with Crippen molar-refractivity contribution >= 4 is 61.2 Å². The number of hydrogen-bond acceptors (Lipinski definition) is 7. The molecule has 0 saturated heterocycles. The van der Waals surface area contributed by atoms with Gasteiger partial charge in [0.1, 0.15) is 5.82 Å². The number of aromatic nitrogens is 1. The number of carbonyl (C=O) groups is 1. The van der Waals surface area contributed by atoms with E-state index in [1.807, 2.05) is 30.3 Å². The van der Waals surface area contributed by atoms with Crippen LogP contribution in [0.4, 0.5) is 14.5 Å². The normalized spacial score (nSPS) is 11.5. The van der Waals surface area contributed by atoms with Gasteiger partial charge in [0.25, 0.3) is 5.91 Å². The number of hydrazone groups is 1. The van der Waals surface area contributed by atoms with Crippen molar-refractivity contribution in [2.75, 3.05) is 5.01 Å². The van der Waals surface area contributed by atoms with Gasteiger partial charge in [-0.2, -0.15) is 10.1 Å². The molecular formula is C21H13FN4O3S2. The fourth-order valence-corrected chi connectivity index (χ4v) is 4.25. The van der Waals surface area contributed by atoms with Gasteiger partial charge in [-0.3, -0.25) is 14.9 Å². The number of anilines is 1. The van der Waals surface area contributed by atoms with Crippen LogP contribution in [0.15, 0.2) is 71.8 Å². The lowest BCUT2D eigenvalue weighted by molar-refractivity contribution is -0.380. The Morgan fingerprint density at radius 3 is 2.68 bits per heavy atom. The third kappa shape index (κ3) is 4.87. The van der Waals surface area contributed by atoms with E-state index in [2.05, 4.69) is 10.1 Å². The van der Waals surface area contributed by atoms with Crippen LogP contribution < -0.4 is 5.01 Å². The smallest absolute Gasteiger partial charge is 0.267 e. The van der Waals surface area contributed by atoms with Crippen LogP contribution in [0.1, 0.15) is 10.4 Å². The van der Waals surface area contributed by atoms with Gasteiger partial charge < -0.3 is 0 Å². The van der Waals surface area contributed by atoms with Gasteiger partial charge in [-0.25, -0.2) is 9.37 Å². The molecule has 4 aromatic rings. The number of benzene rings is 2. The molecule has 10 heteroatoms. The maximum absolute atomic E-state index is 13.6. The highest BCUT2D eigenvalue weighted by atomic mass is 32.1. The Labute approximate surface area is 183 Å². The summed E-state index contributed by atoms with van der Waals surface area (Å²) >= 11 is 2.05. The van der Waals surface area contributed by atoms with E-state index in [4.69, 9.17) is 0 Å². The van der Waals surface area contributed by atoms with E-state index in [1.165, 1.54) is 36.6 Å². The van der Waals surface area contributed by atoms with Gasteiger partial charge in [-0.15, -0.1) is 0 Å². The Morgan fingerprint density at radius 2 is 1.94 bits per heavy atom. The number of thiophene rings is 1. The number of hydrogen-bond donors (Lipinski definition) is 0. The molecule has 0 atom stereocenters. The number of halogens is 1. The molecule has 0 saturated carbocycles. The monoisotopic (exact) mass is 452 g/mol. The number of nitrogens with zero attached hydrogens (tertiary/aromatic N) is 4. The molecule has 0 bridgehead atoms. The van der Waals surface area contributed by atoms with Crippen LogP contribution in [0.5, 0.6) is 0 Å². The molecule has 31 heavy (non-hydrogen) atoms. The fraction of sp³-hybridized carbons (Fsp3) is 0. The average Bonchev–Trinajstić information content (AvgIpc) is 3.40. The highest BCUT2D eigenvalue weighted by Gasteiger charge is 2.18. The molecule has 7 nitrogen and oxygen atoms in total. The molecule has 0 fully saturated rings. The van der Waals surface area contributed by atoms with Crippen LogP contribution in [0.3, 0.4) is 0 Å². The number of thiazole rings is 1. The summed E-state index contributed by atoms with van der Waals surface area (Å²) in [5.74, 6) is -0.871. The largest absolute Gasteiger partial charge is 0.324 e. The van der Waals surface area contributed by atoms with E-state index in [9.17, 15) is 19.3 Å². The predicted octanol–water partition coefficient (Wildman–Crippen LogP) is 5.49. The molecule has 0 spiro atoms. The Balaban J connectivity index is 1.67. The molecule has 0 aliphatic rings. The number of nitro groups is 1. The van der Waals surface area contributed by atoms with E-state index in [0.717, 1.165) is 33.2 Å². The molecule has 4 rings (SSSR count). The lowest BCUT2D eigenvalue weighted by Crippen LogP contribution is -2.23.